The van der Waals surface area contributed by atoms with E-state index in [-0.39, 0.29) is 19.8 Å². The predicted molar refractivity (Wildman–Crippen MR) is 88.5 cm³/mol. The minimum Gasteiger partial charge on any atom is -0.465 e. The van der Waals surface area contributed by atoms with Crippen molar-refractivity contribution in [1.82, 2.24) is 4.98 Å². The lowest BCUT2D eigenvalue weighted by molar-refractivity contribution is -0.143. The van der Waals surface area contributed by atoms with Gasteiger partial charge in [-0.2, -0.15) is 0 Å². The number of ether oxygens (including phenoxy) is 1. The van der Waals surface area contributed by atoms with Crippen LogP contribution in [-0.4, -0.2) is 36.4 Å². The van der Waals surface area contributed by atoms with Crippen LogP contribution in [0.15, 0.2) is 24.5 Å². The Morgan fingerprint density at radius 3 is 2.43 bits per heavy atom. The normalized spacial score (nSPS) is 12.8. The summed E-state index contributed by atoms with van der Waals surface area (Å²) in [6.45, 7) is 5.84. The number of aromatic nitrogens is 1. The highest BCUT2D eigenvalue weighted by Gasteiger charge is 2.41. The Hall–Kier alpha value is -1.23. The van der Waals surface area contributed by atoms with E-state index < -0.39 is 19.2 Å². The lowest BCUT2D eigenvalue weighted by atomic mass is 10.1. The highest BCUT2D eigenvalue weighted by molar-refractivity contribution is 7.55. The van der Waals surface area contributed by atoms with Crippen LogP contribution in [0.25, 0.3) is 0 Å². The molecular formula is C16H26NO5P. The molecule has 0 aliphatic carbocycles. The molecule has 23 heavy (non-hydrogen) atoms. The predicted octanol–water partition coefficient (Wildman–Crippen LogP) is 3.60. The fourth-order valence-electron chi connectivity index (χ4n) is 2.27. The van der Waals surface area contributed by atoms with Crippen LogP contribution in [-0.2, 0) is 29.6 Å². The molecule has 0 bridgehead atoms. The molecule has 0 aliphatic rings. The zero-order valence-electron chi connectivity index (χ0n) is 14.1. The largest absolute Gasteiger partial charge is 0.465 e. The van der Waals surface area contributed by atoms with Crippen molar-refractivity contribution in [3.05, 3.63) is 30.1 Å². The van der Waals surface area contributed by atoms with Crippen molar-refractivity contribution in [1.29, 1.82) is 0 Å². The molecule has 1 unspecified atom stereocenters. The second kappa shape index (κ2) is 10.5. The standard InChI is InChI=1S/C16H26NO5P/c1-4-20-16(18)15(23(19,21-5-2)22-6-3)11-7-9-14-10-8-12-17-13-14/h8,10,12-13,15H,4-7,9,11H2,1-3H3. The van der Waals surface area contributed by atoms with Crippen molar-refractivity contribution in [2.24, 2.45) is 0 Å². The minimum atomic E-state index is -3.53. The quantitative estimate of drug-likeness (QED) is 0.451. The van der Waals surface area contributed by atoms with Gasteiger partial charge >= 0.3 is 13.6 Å². The van der Waals surface area contributed by atoms with Crippen LogP contribution in [0.3, 0.4) is 0 Å². The van der Waals surface area contributed by atoms with E-state index in [1.54, 1.807) is 33.2 Å². The number of hydrogen-bond acceptors (Lipinski definition) is 6. The topological polar surface area (TPSA) is 74.7 Å². The minimum absolute atomic E-state index is 0.218. The molecule has 0 aliphatic heterocycles. The molecule has 0 saturated carbocycles. The Morgan fingerprint density at radius 1 is 1.22 bits per heavy atom. The first-order chi connectivity index (χ1) is 11.1. The number of esters is 1. The third-order valence-electron chi connectivity index (χ3n) is 3.22. The average molecular weight is 343 g/mol. The Bertz CT molecular complexity index is 498. The molecule has 7 heteroatoms. The Morgan fingerprint density at radius 2 is 1.91 bits per heavy atom. The zero-order valence-corrected chi connectivity index (χ0v) is 15.0. The van der Waals surface area contributed by atoms with Gasteiger partial charge in [-0.25, -0.2) is 0 Å². The maximum Gasteiger partial charge on any atom is 0.344 e. The van der Waals surface area contributed by atoms with Gasteiger partial charge in [0.15, 0.2) is 5.66 Å². The van der Waals surface area contributed by atoms with E-state index in [2.05, 4.69) is 4.98 Å². The molecule has 0 amide bonds. The number of nitrogens with zero attached hydrogens (tertiary/aromatic N) is 1. The van der Waals surface area contributed by atoms with Gasteiger partial charge in [-0.3, -0.25) is 14.3 Å². The Kier molecular flexibility index (Phi) is 9.07. The molecule has 1 atom stereocenters. The van der Waals surface area contributed by atoms with Crippen LogP contribution >= 0.6 is 7.60 Å². The Balaban J connectivity index is 2.78. The van der Waals surface area contributed by atoms with E-state index in [0.717, 1.165) is 12.0 Å². The molecule has 1 aromatic heterocycles. The van der Waals surface area contributed by atoms with Crippen LogP contribution < -0.4 is 0 Å². The molecule has 0 spiro atoms. The third kappa shape index (κ3) is 6.42. The fourth-order valence-corrected chi connectivity index (χ4v) is 4.25. The van der Waals surface area contributed by atoms with Crippen LogP contribution in [0, 0.1) is 0 Å². The summed E-state index contributed by atoms with van der Waals surface area (Å²) in [4.78, 5) is 16.3. The molecule has 1 aromatic rings. The SMILES string of the molecule is CCOC(=O)C(CCCc1cccnc1)P(=O)(OCC)OCC. The number of carbonyl (C=O) groups is 1. The summed E-state index contributed by atoms with van der Waals surface area (Å²) in [5, 5.41) is 0. The lowest BCUT2D eigenvalue weighted by Crippen LogP contribution is -2.26. The van der Waals surface area contributed by atoms with Gasteiger partial charge in [0, 0.05) is 12.4 Å². The summed E-state index contributed by atoms with van der Waals surface area (Å²) in [5.41, 5.74) is 0.178. The molecule has 130 valence electrons. The third-order valence-corrected chi connectivity index (χ3v) is 5.69. The first-order valence-electron chi connectivity index (χ1n) is 8.01. The number of rotatable bonds is 11. The summed E-state index contributed by atoms with van der Waals surface area (Å²) >= 11 is 0. The van der Waals surface area contributed by atoms with Gasteiger partial charge in [0.05, 0.1) is 19.8 Å². The smallest absolute Gasteiger partial charge is 0.344 e. The molecule has 0 fully saturated rings. The summed E-state index contributed by atoms with van der Waals surface area (Å²) < 4.78 is 28.6. The first kappa shape index (κ1) is 19.8. The van der Waals surface area contributed by atoms with E-state index in [1.807, 2.05) is 12.1 Å². The molecule has 1 heterocycles. The Labute approximate surface area is 138 Å². The highest BCUT2D eigenvalue weighted by Crippen LogP contribution is 2.55. The monoisotopic (exact) mass is 343 g/mol. The van der Waals surface area contributed by atoms with E-state index >= 15 is 0 Å². The number of aryl methyl sites for hydroxylation is 1. The number of hydrogen-bond donors (Lipinski definition) is 0. The molecule has 0 saturated heterocycles. The maximum absolute atomic E-state index is 12.9. The summed E-state index contributed by atoms with van der Waals surface area (Å²) in [5.74, 6) is -0.524. The van der Waals surface area contributed by atoms with Crippen LogP contribution in [0.2, 0.25) is 0 Å². The molecule has 0 radical (unpaired) electrons. The van der Waals surface area contributed by atoms with Crippen molar-refractivity contribution >= 4 is 13.6 Å². The van der Waals surface area contributed by atoms with E-state index in [1.165, 1.54) is 0 Å². The summed E-state index contributed by atoms with van der Waals surface area (Å²) in [6.07, 6.45) is 5.28. The van der Waals surface area contributed by atoms with E-state index in [0.29, 0.717) is 12.8 Å². The van der Waals surface area contributed by atoms with E-state index in [4.69, 9.17) is 13.8 Å². The zero-order chi connectivity index (χ0) is 17.1. The van der Waals surface area contributed by atoms with Crippen LogP contribution in [0.5, 0.6) is 0 Å². The molecule has 6 nitrogen and oxygen atoms in total. The van der Waals surface area contributed by atoms with Crippen LogP contribution in [0.1, 0.15) is 39.2 Å². The second-order valence-corrected chi connectivity index (χ2v) is 7.12. The number of pyridine rings is 1. The van der Waals surface area contributed by atoms with Crippen molar-refractivity contribution < 1.29 is 23.1 Å². The van der Waals surface area contributed by atoms with Crippen molar-refractivity contribution in [3.63, 3.8) is 0 Å². The number of carbonyl (C=O) groups excluding carboxylic acids is 1. The summed E-state index contributed by atoms with van der Waals surface area (Å²) in [6, 6.07) is 3.83. The van der Waals surface area contributed by atoms with Gasteiger partial charge < -0.3 is 13.8 Å². The van der Waals surface area contributed by atoms with E-state index in [9.17, 15) is 9.36 Å². The van der Waals surface area contributed by atoms with Gasteiger partial charge in [0.2, 0.25) is 0 Å². The molecule has 1 rings (SSSR count). The van der Waals surface area contributed by atoms with Crippen molar-refractivity contribution in [2.45, 2.75) is 45.7 Å². The second-order valence-electron chi connectivity index (χ2n) is 4.90. The molecule has 0 aromatic carbocycles. The summed E-state index contributed by atoms with van der Waals surface area (Å²) in [7, 11) is -3.53. The van der Waals surface area contributed by atoms with Gasteiger partial charge in [-0.15, -0.1) is 0 Å². The van der Waals surface area contributed by atoms with Crippen molar-refractivity contribution in [2.75, 3.05) is 19.8 Å². The van der Waals surface area contributed by atoms with Crippen LogP contribution in [0.4, 0.5) is 0 Å². The first-order valence-corrected chi connectivity index (χ1v) is 9.62. The van der Waals surface area contributed by atoms with Crippen molar-refractivity contribution in [3.8, 4) is 0 Å². The van der Waals surface area contributed by atoms with Gasteiger partial charge in [-0.05, 0) is 51.7 Å². The van der Waals surface area contributed by atoms with Gasteiger partial charge in [0.25, 0.3) is 0 Å². The van der Waals surface area contributed by atoms with Gasteiger partial charge in [0.1, 0.15) is 0 Å². The highest BCUT2D eigenvalue weighted by atomic mass is 31.2. The average Bonchev–Trinajstić information content (AvgIpc) is 2.53. The fraction of sp³-hybridized carbons (Fsp3) is 0.625. The maximum atomic E-state index is 12.9. The molecule has 0 N–H and O–H groups in total. The van der Waals surface area contributed by atoms with Gasteiger partial charge in [-0.1, -0.05) is 6.07 Å². The molecular weight excluding hydrogens is 317 g/mol. The lowest BCUT2D eigenvalue weighted by Gasteiger charge is -2.24.